The molecule has 180 valence electrons. The normalized spacial score (nSPS) is 14.8. The van der Waals surface area contributed by atoms with Crippen molar-refractivity contribution in [1.29, 1.82) is 0 Å². The van der Waals surface area contributed by atoms with E-state index in [1.165, 1.54) is 14.1 Å². The molecule has 0 aliphatic rings. The first-order valence-electron chi connectivity index (χ1n) is 8.23. The molecule has 6 nitrogen and oxygen atoms in total. The molecule has 0 aromatic carbocycles. The average molecular weight is 484 g/mol. The van der Waals surface area contributed by atoms with E-state index in [1.807, 2.05) is 4.72 Å². The SMILES string of the molecule is C[N+](C)(CCCNS(=O)(=O)CCC(F)(F)CC(F)(C(F)(F)F)C(F)(F)F)CC(=O)[O-]. The van der Waals surface area contributed by atoms with Gasteiger partial charge in [0, 0.05) is 19.4 Å². The molecule has 0 heterocycles. The molecule has 0 aromatic heterocycles. The Labute approximate surface area is 166 Å². The van der Waals surface area contributed by atoms with E-state index in [2.05, 4.69) is 0 Å². The monoisotopic (exact) mass is 484 g/mol. The van der Waals surface area contributed by atoms with Gasteiger partial charge in [-0.2, -0.15) is 26.3 Å². The van der Waals surface area contributed by atoms with Crippen LogP contribution in [0.15, 0.2) is 0 Å². The molecule has 0 atom stereocenters. The molecule has 0 saturated heterocycles. The lowest BCUT2D eigenvalue weighted by molar-refractivity contribution is -0.884. The lowest BCUT2D eigenvalue weighted by atomic mass is 9.94. The van der Waals surface area contributed by atoms with E-state index < -0.39 is 65.1 Å². The highest BCUT2D eigenvalue weighted by Gasteiger charge is 2.74. The van der Waals surface area contributed by atoms with Crippen molar-refractivity contribution in [2.75, 3.05) is 39.5 Å². The number of nitrogens with zero attached hydrogens (tertiary/aromatic N) is 1. The minimum atomic E-state index is -6.68. The van der Waals surface area contributed by atoms with Gasteiger partial charge < -0.3 is 14.4 Å². The topological polar surface area (TPSA) is 86.3 Å². The molecule has 0 aliphatic heterocycles. The van der Waals surface area contributed by atoms with Crippen molar-refractivity contribution in [3.8, 4) is 0 Å². The van der Waals surface area contributed by atoms with Crippen LogP contribution >= 0.6 is 0 Å². The van der Waals surface area contributed by atoms with Crippen molar-refractivity contribution in [2.24, 2.45) is 0 Å². The molecule has 0 unspecified atom stereocenters. The maximum Gasteiger partial charge on any atom is 0.431 e. The fourth-order valence-electron chi connectivity index (χ4n) is 2.33. The fraction of sp³-hybridized carbons (Fsp3) is 0.929. The summed E-state index contributed by atoms with van der Waals surface area (Å²) in [6.07, 6.45) is -18.6. The van der Waals surface area contributed by atoms with Crippen molar-refractivity contribution in [3.05, 3.63) is 0 Å². The molecule has 0 amide bonds. The smallest absolute Gasteiger partial charge is 0.431 e. The number of hydrogen-bond donors (Lipinski definition) is 1. The van der Waals surface area contributed by atoms with Gasteiger partial charge in [-0.25, -0.2) is 26.3 Å². The number of hydrogen-bond acceptors (Lipinski definition) is 4. The number of carbonyl (C=O) groups is 1. The molecule has 16 heteroatoms. The predicted octanol–water partition coefficient (Wildman–Crippen LogP) is 1.37. The molecule has 0 aliphatic carbocycles. The highest BCUT2D eigenvalue weighted by Crippen LogP contribution is 2.51. The summed E-state index contributed by atoms with van der Waals surface area (Å²) >= 11 is 0. The summed E-state index contributed by atoms with van der Waals surface area (Å²) in [7, 11) is -1.57. The first-order valence-corrected chi connectivity index (χ1v) is 9.88. The van der Waals surface area contributed by atoms with Crippen LogP contribution in [0.3, 0.4) is 0 Å². The van der Waals surface area contributed by atoms with Gasteiger partial charge in [0.25, 0.3) is 5.92 Å². The Morgan fingerprint density at radius 2 is 1.43 bits per heavy atom. The highest BCUT2D eigenvalue weighted by atomic mass is 32.2. The summed E-state index contributed by atoms with van der Waals surface area (Å²) in [6.45, 7) is -0.642. The Morgan fingerprint density at radius 3 is 1.83 bits per heavy atom. The summed E-state index contributed by atoms with van der Waals surface area (Å²) in [6, 6.07) is 0. The van der Waals surface area contributed by atoms with E-state index >= 15 is 0 Å². The van der Waals surface area contributed by atoms with Crippen molar-refractivity contribution in [2.45, 2.75) is 43.2 Å². The molecule has 0 rings (SSSR count). The van der Waals surface area contributed by atoms with Crippen LogP contribution in [0.25, 0.3) is 0 Å². The van der Waals surface area contributed by atoms with Crippen LogP contribution in [0.1, 0.15) is 19.3 Å². The summed E-state index contributed by atoms with van der Waals surface area (Å²) in [5, 5.41) is 10.5. The van der Waals surface area contributed by atoms with Crippen molar-refractivity contribution < 1.29 is 62.3 Å². The molecule has 0 aromatic rings. The number of rotatable bonds is 12. The van der Waals surface area contributed by atoms with E-state index in [0.29, 0.717) is 0 Å². The van der Waals surface area contributed by atoms with Crippen LogP contribution in [0.4, 0.5) is 39.5 Å². The Hall–Kier alpha value is -1.29. The predicted molar refractivity (Wildman–Crippen MR) is 83.4 cm³/mol. The fourth-order valence-corrected chi connectivity index (χ4v) is 3.49. The first-order chi connectivity index (χ1) is 13.0. The van der Waals surface area contributed by atoms with Crippen LogP contribution in [-0.4, -0.2) is 82.3 Å². The second kappa shape index (κ2) is 9.46. The quantitative estimate of drug-likeness (QED) is 0.258. The number of halogens is 9. The molecule has 0 spiro atoms. The van der Waals surface area contributed by atoms with E-state index in [1.54, 1.807) is 0 Å². The summed E-state index contributed by atoms with van der Waals surface area (Å²) in [5.41, 5.74) is -6.21. The van der Waals surface area contributed by atoms with Crippen LogP contribution in [0, 0.1) is 0 Å². The minimum absolute atomic E-state index is 0.0334. The second-order valence-corrected chi connectivity index (χ2v) is 9.26. The summed E-state index contributed by atoms with van der Waals surface area (Å²) in [5.74, 6) is -7.85. The molecule has 30 heavy (non-hydrogen) atoms. The number of aliphatic carboxylic acids is 1. The van der Waals surface area contributed by atoms with Gasteiger partial charge in [0.2, 0.25) is 10.0 Å². The maximum absolute atomic E-state index is 13.6. The standard InChI is InChI=1S/C14H21F9N2O4S/c1-25(2,8-10(26)27)6-3-5-24-30(28,29)7-4-11(15,16)9-12(17,13(18,19)20)14(21,22)23/h24H,3-9H2,1-2H3. The Balaban J connectivity index is 4.86. The second-order valence-electron chi connectivity index (χ2n) is 7.34. The van der Waals surface area contributed by atoms with Crippen molar-refractivity contribution in [1.82, 2.24) is 4.72 Å². The van der Waals surface area contributed by atoms with E-state index in [4.69, 9.17) is 0 Å². The van der Waals surface area contributed by atoms with Gasteiger partial charge in [-0.1, -0.05) is 0 Å². The lowest BCUT2D eigenvalue weighted by Gasteiger charge is -2.32. The van der Waals surface area contributed by atoms with Crippen molar-refractivity contribution in [3.63, 3.8) is 0 Å². The lowest BCUT2D eigenvalue weighted by Crippen LogP contribution is -2.56. The van der Waals surface area contributed by atoms with Gasteiger partial charge in [0.15, 0.2) is 0 Å². The van der Waals surface area contributed by atoms with E-state index in [0.717, 1.165) is 0 Å². The molecule has 1 N–H and O–H groups in total. The number of likely N-dealkylation sites (N-methyl/N-ethyl adjacent to an activating group) is 1. The third kappa shape index (κ3) is 9.24. The zero-order chi connectivity index (χ0) is 24.2. The number of carboxylic acid groups (broad SMARTS) is 1. The van der Waals surface area contributed by atoms with Gasteiger partial charge in [0.05, 0.1) is 38.8 Å². The third-order valence-electron chi connectivity index (χ3n) is 3.96. The Bertz CT molecular complexity index is 677. The van der Waals surface area contributed by atoms with Crippen LogP contribution in [-0.2, 0) is 14.8 Å². The van der Waals surface area contributed by atoms with Crippen LogP contribution in [0.5, 0.6) is 0 Å². The number of carbonyl (C=O) groups excluding carboxylic acids is 1. The average Bonchev–Trinajstić information content (AvgIpc) is 2.46. The molecular weight excluding hydrogens is 463 g/mol. The van der Waals surface area contributed by atoms with Gasteiger partial charge in [-0.3, -0.25) is 0 Å². The van der Waals surface area contributed by atoms with Gasteiger partial charge in [-0.05, 0) is 0 Å². The molecule has 0 fully saturated rings. The first kappa shape index (κ1) is 28.7. The molecule has 0 radical (unpaired) electrons. The zero-order valence-electron chi connectivity index (χ0n) is 15.8. The maximum atomic E-state index is 13.6. The molecular formula is C14H21F9N2O4S. The number of sulfonamides is 1. The van der Waals surface area contributed by atoms with Gasteiger partial charge in [0.1, 0.15) is 6.54 Å². The molecule has 0 bridgehead atoms. The number of nitrogens with one attached hydrogen (secondary N) is 1. The number of alkyl halides is 9. The largest absolute Gasteiger partial charge is 0.544 e. The van der Waals surface area contributed by atoms with Gasteiger partial charge >= 0.3 is 18.0 Å². The van der Waals surface area contributed by atoms with E-state index in [-0.39, 0.29) is 24.0 Å². The van der Waals surface area contributed by atoms with E-state index in [9.17, 15) is 57.8 Å². The summed E-state index contributed by atoms with van der Waals surface area (Å²) in [4.78, 5) is 10.5. The van der Waals surface area contributed by atoms with Crippen LogP contribution < -0.4 is 9.83 Å². The van der Waals surface area contributed by atoms with Gasteiger partial charge in [-0.15, -0.1) is 0 Å². The van der Waals surface area contributed by atoms with Crippen LogP contribution in [0.2, 0.25) is 0 Å². The number of carboxylic acids is 1. The molecule has 0 saturated carbocycles. The van der Waals surface area contributed by atoms with Crippen molar-refractivity contribution >= 4 is 16.0 Å². The Kier molecular flexibility index (Phi) is 9.05. The zero-order valence-corrected chi connectivity index (χ0v) is 16.7. The highest BCUT2D eigenvalue weighted by molar-refractivity contribution is 7.89. The summed E-state index contributed by atoms with van der Waals surface area (Å²) < 4.78 is 140. The third-order valence-corrected chi connectivity index (χ3v) is 5.34. The Morgan fingerprint density at radius 1 is 0.967 bits per heavy atom. The number of quaternary nitrogens is 1. The minimum Gasteiger partial charge on any atom is -0.544 e.